The predicted octanol–water partition coefficient (Wildman–Crippen LogP) is -0.745. The van der Waals surface area contributed by atoms with Crippen molar-refractivity contribution in [3.8, 4) is 0 Å². The Bertz CT molecular complexity index is 236. The van der Waals surface area contributed by atoms with Crippen LogP contribution >= 0.6 is 12.6 Å². The Morgan fingerprint density at radius 3 is 1.94 bits per heavy atom. The highest BCUT2D eigenvalue weighted by molar-refractivity contribution is 7.87. The van der Waals surface area contributed by atoms with Crippen LogP contribution in [0.4, 0.5) is 0 Å². The summed E-state index contributed by atoms with van der Waals surface area (Å²) in [5, 5.41) is 11.1. The van der Waals surface area contributed by atoms with Crippen molar-refractivity contribution in [1.29, 1.82) is 0 Å². The Kier molecular flexibility index (Phi) is 13.1. The van der Waals surface area contributed by atoms with Gasteiger partial charge in [-0.05, 0) is 6.54 Å². The molecular weight excluding hydrogens is 282 g/mol. The first kappa shape index (κ1) is 18.3. The maximum atomic E-state index is 10.2. The lowest BCUT2D eigenvalue weighted by Crippen LogP contribution is -2.37. The maximum absolute atomic E-state index is 10.2. The van der Waals surface area contributed by atoms with E-state index in [9.17, 15) is 13.2 Å². The van der Waals surface area contributed by atoms with Crippen molar-refractivity contribution in [2.75, 3.05) is 12.3 Å². The molecule has 0 spiro atoms. The monoisotopic (exact) mass is 295 g/mol. The van der Waals surface area contributed by atoms with E-state index in [0.29, 0.717) is 12.3 Å². The molecule has 0 aliphatic rings. The molecule has 0 amide bonds. The Morgan fingerprint density at radius 2 is 1.88 bits per heavy atom. The molecular formula is C5H13NO7S3. The summed E-state index contributed by atoms with van der Waals surface area (Å²) in [6.07, 6.45) is 0. The van der Waals surface area contributed by atoms with Gasteiger partial charge in [0.2, 0.25) is 0 Å². The number of carboxylic acids is 1. The molecule has 0 fully saturated rings. The molecule has 0 bridgehead atoms. The van der Waals surface area contributed by atoms with Gasteiger partial charge in [-0.3, -0.25) is 13.9 Å². The molecule has 0 rings (SSSR count). The van der Waals surface area contributed by atoms with Crippen molar-refractivity contribution < 1.29 is 31.1 Å². The topological polar surface area (TPSA) is 133 Å². The molecule has 16 heavy (non-hydrogen) atoms. The number of thiol groups is 1. The van der Waals surface area contributed by atoms with Crippen LogP contribution in [0.15, 0.2) is 0 Å². The van der Waals surface area contributed by atoms with Crippen molar-refractivity contribution in [1.82, 2.24) is 5.32 Å². The molecule has 0 heterocycles. The van der Waals surface area contributed by atoms with Crippen LogP contribution in [-0.4, -0.2) is 46.9 Å². The van der Waals surface area contributed by atoms with E-state index in [4.69, 9.17) is 14.2 Å². The van der Waals surface area contributed by atoms with E-state index >= 15 is 0 Å². The number of rotatable bonds is 6. The van der Waals surface area contributed by atoms with Crippen molar-refractivity contribution in [2.45, 2.75) is 13.0 Å². The van der Waals surface area contributed by atoms with E-state index in [2.05, 4.69) is 21.6 Å². The lowest BCUT2D eigenvalue weighted by atomic mass is 10.3. The Morgan fingerprint density at radius 1 is 1.44 bits per heavy atom. The first-order valence-corrected chi connectivity index (χ1v) is 6.52. The summed E-state index contributed by atoms with van der Waals surface area (Å²) in [6, 6.07) is -0.502. The van der Waals surface area contributed by atoms with Gasteiger partial charge in [-0.2, -0.15) is 21.0 Å². The smallest absolute Gasteiger partial charge is 0.321 e. The van der Waals surface area contributed by atoms with Crippen LogP contribution in [0.5, 0.6) is 0 Å². The van der Waals surface area contributed by atoms with Gasteiger partial charge in [0.25, 0.3) is 0 Å². The highest BCUT2D eigenvalue weighted by Crippen LogP contribution is 1.86. The molecule has 0 radical (unpaired) electrons. The lowest BCUT2D eigenvalue weighted by Gasteiger charge is -2.07. The number of likely N-dealkylation sites (N-methyl/N-ethyl adjacent to an activating group) is 1. The summed E-state index contributed by atoms with van der Waals surface area (Å²) < 4.78 is 37.2. The molecule has 0 aliphatic carbocycles. The summed E-state index contributed by atoms with van der Waals surface area (Å²) in [6.45, 7) is 2.52. The quantitative estimate of drug-likeness (QED) is 0.319. The first-order chi connectivity index (χ1) is 7.34. The van der Waals surface area contributed by atoms with E-state index in [1.807, 2.05) is 6.92 Å². The van der Waals surface area contributed by atoms with E-state index in [-0.39, 0.29) is 0 Å². The molecule has 0 saturated carbocycles. The number of hydrogen-bond donors (Lipinski definition) is 5. The van der Waals surface area contributed by atoms with Crippen LogP contribution in [0.3, 0.4) is 0 Å². The molecule has 0 aromatic rings. The normalized spacial score (nSPS) is 15.5. The Hall–Kier alpha value is -0.0400. The second-order valence-corrected chi connectivity index (χ2v) is 3.91. The highest BCUT2D eigenvalue weighted by Gasteiger charge is 2.11. The minimum Gasteiger partial charge on any atom is -0.480 e. The van der Waals surface area contributed by atoms with Crippen LogP contribution < -0.4 is 5.32 Å². The fourth-order valence-corrected chi connectivity index (χ4v) is 1.21. The minimum atomic E-state index is -2.65. The fraction of sp³-hybridized carbons (Fsp3) is 0.800. The largest absolute Gasteiger partial charge is 0.480 e. The molecule has 0 aromatic carbocycles. The average molecular weight is 295 g/mol. The number of aliphatic carboxylic acids is 1. The third-order valence-corrected chi connectivity index (χ3v) is 2.34. The van der Waals surface area contributed by atoms with Crippen LogP contribution in [-0.2, 0) is 31.1 Å². The first-order valence-electron chi connectivity index (χ1n) is 3.82. The molecule has 11 heteroatoms. The van der Waals surface area contributed by atoms with E-state index in [0.717, 1.165) is 0 Å². The van der Waals surface area contributed by atoms with Gasteiger partial charge < -0.3 is 10.4 Å². The summed E-state index contributed by atoms with van der Waals surface area (Å²) >= 11 is -1.45. The number of carboxylic acid groups (broad SMARTS) is 1. The van der Waals surface area contributed by atoms with Gasteiger partial charge in [-0.1, -0.05) is 6.92 Å². The van der Waals surface area contributed by atoms with Gasteiger partial charge in [0.1, 0.15) is 6.04 Å². The second kappa shape index (κ2) is 11.4. The molecule has 8 nitrogen and oxygen atoms in total. The molecule has 1 unspecified atom stereocenters. The Balaban J connectivity index is 0. The van der Waals surface area contributed by atoms with Crippen LogP contribution in [0.2, 0.25) is 0 Å². The van der Waals surface area contributed by atoms with Crippen molar-refractivity contribution in [3.63, 3.8) is 0 Å². The predicted molar refractivity (Wildman–Crippen MR) is 61.6 cm³/mol. The number of hydrogen-bond acceptors (Lipinski definition) is 6. The average Bonchev–Trinajstić information content (AvgIpc) is 2.12. The molecule has 0 saturated heterocycles. The fourth-order valence-electron chi connectivity index (χ4n) is 0.526. The zero-order chi connectivity index (χ0) is 13.1. The molecule has 98 valence electrons. The standard InChI is InChI=1S/C5H11NO2S.H2O5S2/c1-2-6-4(3-9)5(7)8;1-6(2)5-7(3)4/h4,6,9H,2-3H2,1H3,(H,7,8);(H,1,2)(H,3,4). The van der Waals surface area contributed by atoms with Gasteiger partial charge in [0.15, 0.2) is 0 Å². The summed E-state index contributed by atoms with van der Waals surface area (Å²) in [4.78, 5) is 10.2. The van der Waals surface area contributed by atoms with Crippen LogP contribution in [0.25, 0.3) is 0 Å². The second-order valence-electron chi connectivity index (χ2n) is 2.13. The lowest BCUT2D eigenvalue weighted by molar-refractivity contribution is -0.138. The van der Waals surface area contributed by atoms with Gasteiger partial charge in [-0.15, -0.1) is 3.63 Å². The van der Waals surface area contributed by atoms with Crippen LogP contribution in [0.1, 0.15) is 6.92 Å². The van der Waals surface area contributed by atoms with Gasteiger partial charge >= 0.3 is 28.7 Å². The third-order valence-electron chi connectivity index (χ3n) is 1.05. The van der Waals surface area contributed by atoms with Gasteiger partial charge in [0.05, 0.1) is 0 Å². The highest BCUT2D eigenvalue weighted by atomic mass is 32.3. The molecule has 0 aromatic heterocycles. The summed E-state index contributed by atoms with van der Waals surface area (Å²) in [7, 11) is 0. The Labute approximate surface area is 103 Å². The number of nitrogens with one attached hydrogen (secondary N) is 1. The molecule has 0 aliphatic heterocycles. The zero-order valence-electron chi connectivity index (χ0n) is 8.23. The van der Waals surface area contributed by atoms with Crippen molar-refractivity contribution in [2.24, 2.45) is 0 Å². The van der Waals surface area contributed by atoms with Gasteiger partial charge in [0, 0.05) is 5.75 Å². The minimum absolute atomic E-state index is 0.336. The zero-order valence-corrected chi connectivity index (χ0v) is 10.8. The van der Waals surface area contributed by atoms with Crippen LogP contribution in [0, 0.1) is 0 Å². The SMILES string of the molecule is CCNC(CS)C(=O)O.O=S(O)OS(=O)O. The maximum Gasteiger partial charge on any atom is 0.321 e. The van der Waals surface area contributed by atoms with E-state index < -0.39 is 34.7 Å². The van der Waals surface area contributed by atoms with Crippen molar-refractivity contribution >= 4 is 41.3 Å². The van der Waals surface area contributed by atoms with Gasteiger partial charge in [-0.25, -0.2) is 0 Å². The third kappa shape index (κ3) is 14.0. The molecule has 4 N–H and O–H groups in total. The summed E-state index contributed by atoms with van der Waals surface area (Å²) in [5.41, 5.74) is 0. The van der Waals surface area contributed by atoms with Crippen molar-refractivity contribution in [3.05, 3.63) is 0 Å². The summed E-state index contributed by atoms with van der Waals surface area (Å²) in [5.74, 6) is -0.504. The van der Waals surface area contributed by atoms with E-state index in [1.165, 1.54) is 0 Å². The molecule has 1 atom stereocenters. The van der Waals surface area contributed by atoms with E-state index in [1.54, 1.807) is 0 Å². The number of carbonyl (C=O) groups is 1.